The molecule has 0 atom stereocenters. The molecule has 1 aromatic heterocycles. The van der Waals surface area contributed by atoms with Crippen molar-refractivity contribution >= 4 is 34.4 Å². The van der Waals surface area contributed by atoms with Gasteiger partial charge in [-0.25, -0.2) is 9.78 Å². The number of hydrogen-bond donors (Lipinski definition) is 3. The maximum Gasteiger partial charge on any atom is 0.413 e. The van der Waals surface area contributed by atoms with Crippen LogP contribution in [0, 0.1) is 12.3 Å². The molecule has 0 saturated carbocycles. The van der Waals surface area contributed by atoms with Gasteiger partial charge in [0, 0.05) is 12.5 Å². The number of rotatable bonds is 7. The van der Waals surface area contributed by atoms with Gasteiger partial charge in [-0.1, -0.05) is 59.9 Å². The summed E-state index contributed by atoms with van der Waals surface area (Å²) in [4.78, 5) is 40.7. The molecule has 34 heavy (non-hydrogen) atoms. The van der Waals surface area contributed by atoms with Crippen molar-refractivity contribution in [1.29, 1.82) is 0 Å². The van der Waals surface area contributed by atoms with E-state index in [1.165, 1.54) is 13.8 Å². The number of aromatic nitrogens is 1. The molecule has 4 rings (SSSR count). The van der Waals surface area contributed by atoms with Gasteiger partial charge in [-0.15, -0.1) is 0 Å². The van der Waals surface area contributed by atoms with Crippen molar-refractivity contribution in [2.24, 2.45) is 5.41 Å². The molecule has 0 spiro atoms. The van der Waals surface area contributed by atoms with Gasteiger partial charge >= 0.3 is 12.1 Å². The van der Waals surface area contributed by atoms with E-state index in [0.717, 1.165) is 33.6 Å². The summed E-state index contributed by atoms with van der Waals surface area (Å²) in [5, 5.41) is 14.6. The second kappa shape index (κ2) is 9.26. The number of benzene rings is 2. The van der Waals surface area contributed by atoms with Crippen LogP contribution in [-0.4, -0.2) is 41.2 Å². The fraction of sp³-hybridized carbons (Fsp3) is 0.280. The molecule has 3 aromatic rings. The van der Waals surface area contributed by atoms with Gasteiger partial charge < -0.3 is 15.2 Å². The molecule has 0 aliphatic heterocycles. The smallest absolute Gasteiger partial charge is 0.413 e. The standard InChI is InChI=1S/C25H25N3O5S/c1-14-20(21(29)26-13-25(2,3)22(30)31)34-23(27-14)28-24(32)33-12-19-17-10-6-4-8-15(17)16-9-5-7-11-18(16)19/h4-11,19H,12-13H2,1-3H3,(H,26,29)(H,30,31)(H,27,28,32). The Kier molecular flexibility index (Phi) is 6.39. The topological polar surface area (TPSA) is 118 Å². The fourth-order valence-corrected chi connectivity index (χ4v) is 4.71. The van der Waals surface area contributed by atoms with E-state index < -0.39 is 23.4 Å². The highest BCUT2D eigenvalue weighted by atomic mass is 32.1. The van der Waals surface area contributed by atoms with Crippen molar-refractivity contribution in [2.75, 3.05) is 18.5 Å². The summed E-state index contributed by atoms with van der Waals surface area (Å²) in [6.07, 6.45) is -0.658. The second-order valence-electron chi connectivity index (χ2n) is 8.76. The highest BCUT2D eigenvalue weighted by molar-refractivity contribution is 7.17. The summed E-state index contributed by atoms with van der Waals surface area (Å²) in [7, 11) is 0. The molecule has 8 nitrogen and oxygen atoms in total. The summed E-state index contributed by atoms with van der Waals surface area (Å²) >= 11 is 1.01. The number of fused-ring (bicyclic) bond motifs is 3. The first-order valence-electron chi connectivity index (χ1n) is 10.8. The molecular weight excluding hydrogens is 454 g/mol. The number of anilines is 1. The maximum atomic E-state index is 12.5. The van der Waals surface area contributed by atoms with Crippen LogP contribution in [0.25, 0.3) is 11.1 Å². The Bertz CT molecular complexity index is 1220. The first-order chi connectivity index (χ1) is 16.2. The highest BCUT2D eigenvalue weighted by Crippen LogP contribution is 2.44. The first-order valence-corrected chi connectivity index (χ1v) is 11.6. The third-order valence-corrected chi connectivity index (χ3v) is 6.90. The summed E-state index contributed by atoms with van der Waals surface area (Å²) in [5.74, 6) is -1.51. The van der Waals surface area contributed by atoms with E-state index in [1.807, 2.05) is 36.4 Å². The lowest BCUT2D eigenvalue weighted by Gasteiger charge is -2.19. The summed E-state index contributed by atoms with van der Waals surface area (Å²) in [5.41, 5.74) is 3.85. The molecule has 3 N–H and O–H groups in total. The number of nitrogens with zero attached hydrogens (tertiary/aromatic N) is 1. The molecule has 0 fully saturated rings. The molecule has 176 valence electrons. The molecule has 0 bridgehead atoms. The van der Waals surface area contributed by atoms with E-state index >= 15 is 0 Å². The molecule has 1 aliphatic rings. The van der Waals surface area contributed by atoms with Crippen LogP contribution in [0.3, 0.4) is 0 Å². The van der Waals surface area contributed by atoms with E-state index in [-0.39, 0.29) is 24.2 Å². The van der Waals surface area contributed by atoms with Gasteiger partial charge in [0.1, 0.15) is 11.5 Å². The number of aryl methyl sites for hydroxylation is 1. The van der Waals surface area contributed by atoms with Crippen molar-refractivity contribution in [1.82, 2.24) is 10.3 Å². The molecule has 0 unspecified atom stereocenters. The van der Waals surface area contributed by atoms with Crippen LogP contribution < -0.4 is 10.6 Å². The van der Waals surface area contributed by atoms with Crippen LogP contribution in [0.15, 0.2) is 48.5 Å². The number of hydrogen-bond acceptors (Lipinski definition) is 6. The molecule has 2 aromatic carbocycles. The highest BCUT2D eigenvalue weighted by Gasteiger charge is 2.30. The summed E-state index contributed by atoms with van der Waals surface area (Å²) < 4.78 is 5.52. The van der Waals surface area contributed by atoms with E-state index in [0.29, 0.717) is 10.6 Å². The normalized spacial score (nSPS) is 12.6. The number of thiazole rings is 1. The van der Waals surface area contributed by atoms with Crippen LogP contribution in [0.1, 0.15) is 46.3 Å². The van der Waals surface area contributed by atoms with Gasteiger partial charge in [0.15, 0.2) is 5.13 Å². The average Bonchev–Trinajstić information content (AvgIpc) is 3.33. The van der Waals surface area contributed by atoms with Crippen molar-refractivity contribution < 1.29 is 24.2 Å². The third-order valence-electron chi connectivity index (χ3n) is 5.83. The Balaban J connectivity index is 1.38. The lowest BCUT2D eigenvalue weighted by molar-refractivity contribution is -0.146. The zero-order chi connectivity index (χ0) is 24.5. The summed E-state index contributed by atoms with van der Waals surface area (Å²) in [6.45, 7) is 4.84. The molecule has 2 amide bonds. The second-order valence-corrected chi connectivity index (χ2v) is 9.75. The van der Waals surface area contributed by atoms with E-state index in [9.17, 15) is 19.5 Å². The monoisotopic (exact) mass is 479 g/mol. The van der Waals surface area contributed by atoms with Crippen LogP contribution in [0.2, 0.25) is 0 Å². The first kappa shape index (κ1) is 23.4. The third kappa shape index (κ3) is 4.65. The van der Waals surface area contributed by atoms with Crippen LogP contribution in [0.5, 0.6) is 0 Å². The van der Waals surface area contributed by atoms with Gasteiger partial charge in [0.25, 0.3) is 5.91 Å². The lowest BCUT2D eigenvalue weighted by atomic mass is 9.94. The van der Waals surface area contributed by atoms with Crippen molar-refractivity contribution in [3.05, 3.63) is 70.2 Å². The lowest BCUT2D eigenvalue weighted by Crippen LogP contribution is -2.38. The van der Waals surface area contributed by atoms with E-state index in [1.54, 1.807) is 6.92 Å². The average molecular weight is 480 g/mol. The zero-order valence-electron chi connectivity index (χ0n) is 19.0. The Morgan fingerprint density at radius 3 is 2.24 bits per heavy atom. The Hall–Kier alpha value is -3.72. The number of carbonyl (C=O) groups is 3. The zero-order valence-corrected chi connectivity index (χ0v) is 19.9. The molecule has 1 heterocycles. The number of nitrogens with one attached hydrogen (secondary N) is 2. The van der Waals surface area contributed by atoms with Crippen molar-refractivity contribution in [3.63, 3.8) is 0 Å². The van der Waals surface area contributed by atoms with Gasteiger partial charge in [-0.05, 0) is 43.0 Å². The molecular formula is C25H25N3O5S. The van der Waals surface area contributed by atoms with Crippen LogP contribution in [-0.2, 0) is 9.53 Å². The summed E-state index contributed by atoms with van der Waals surface area (Å²) in [6, 6.07) is 16.2. The van der Waals surface area contributed by atoms with Gasteiger partial charge in [0.05, 0.1) is 11.1 Å². The number of carboxylic acid groups (broad SMARTS) is 1. The minimum Gasteiger partial charge on any atom is -0.481 e. The van der Waals surface area contributed by atoms with Crippen molar-refractivity contribution in [3.8, 4) is 11.1 Å². The predicted octanol–water partition coefficient (Wildman–Crippen LogP) is 4.65. The minimum absolute atomic E-state index is 0.0341. The predicted molar refractivity (Wildman–Crippen MR) is 129 cm³/mol. The molecule has 1 aliphatic carbocycles. The Morgan fingerprint density at radius 1 is 1.06 bits per heavy atom. The number of aliphatic carboxylic acids is 1. The molecule has 9 heteroatoms. The Labute approximate surface area is 201 Å². The number of carboxylic acids is 1. The quantitative estimate of drug-likeness (QED) is 0.454. The number of ether oxygens (including phenoxy) is 1. The number of carbonyl (C=O) groups excluding carboxylic acids is 2. The van der Waals surface area contributed by atoms with Crippen molar-refractivity contribution in [2.45, 2.75) is 26.7 Å². The van der Waals surface area contributed by atoms with Gasteiger partial charge in [-0.2, -0.15) is 0 Å². The maximum absolute atomic E-state index is 12.5. The molecule has 0 radical (unpaired) electrons. The van der Waals surface area contributed by atoms with Gasteiger partial charge in [-0.3, -0.25) is 14.9 Å². The Morgan fingerprint density at radius 2 is 1.65 bits per heavy atom. The molecule has 0 saturated heterocycles. The van der Waals surface area contributed by atoms with E-state index in [4.69, 9.17) is 4.74 Å². The number of amides is 2. The van der Waals surface area contributed by atoms with Gasteiger partial charge in [0.2, 0.25) is 0 Å². The largest absolute Gasteiger partial charge is 0.481 e. The van der Waals surface area contributed by atoms with E-state index in [2.05, 4.69) is 27.8 Å². The van der Waals surface area contributed by atoms with Crippen LogP contribution >= 0.6 is 11.3 Å². The SMILES string of the molecule is Cc1nc(NC(=O)OCC2c3ccccc3-c3ccccc32)sc1C(=O)NCC(C)(C)C(=O)O. The minimum atomic E-state index is -1.10. The van der Waals surface area contributed by atoms with Crippen LogP contribution in [0.4, 0.5) is 9.93 Å². The fourth-order valence-electron chi connectivity index (χ4n) is 3.84.